The van der Waals surface area contributed by atoms with Crippen molar-refractivity contribution < 1.29 is 13.5 Å². The molecular weight excluding hydrogens is 286 g/mol. The average Bonchev–Trinajstić information content (AvgIpc) is 2.98. The van der Waals surface area contributed by atoms with Gasteiger partial charge in [-0.3, -0.25) is 14.3 Å². The summed E-state index contributed by atoms with van der Waals surface area (Å²) >= 11 is 0. The van der Waals surface area contributed by atoms with Crippen LogP contribution in [0.4, 0.5) is 8.78 Å². The van der Waals surface area contributed by atoms with Crippen molar-refractivity contribution in [2.24, 2.45) is 0 Å². The molecule has 0 saturated carbocycles. The van der Waals surface area contributed by atoms with Gasteiger partial charge in [-0.05, 0) is 18.9 Å². The maximum absolute atomic E-state index is 12.9. The number of H-pyrrole nitrogens is 1. The normalized spacial score (nSPS) is 17.1. The van der Waals surface area contributed by atoms with Crippen LogP contribution in [-0.2, 0) is 4.74 Å². The molecule has 0 aliphatic carbocycles. The van der Waals surface area contributed by atoms with Crippen LogP contribution in [0.1, 0.15) is 19.1 Å². The van der Waals surface area contributed by atoms with E-state index >= 15 is 0 Å². The van der Waals surface area contributed by atoms with Gasteiger partial charge < -0.3 is 4.74 Å². The number of halogens is 2. The SMILES string of the molecule is Fc1ncccn1.O=c1[nH]c(=O)n(C2CCCO2)cc1F. The topological polar surface area (TPSA) is 89.9 Å². The van der Waals surface area contributed by atoms with Gasteiger partial charge in [0.25, 0.3) is 5.56 Å². The molecule has 3 heterocycles. The van der Waals surface area contributed by atoms with Gasteiger partial charge in [0.2, 0.25) is 5.82 Å². The monoisotopic (exact) mass is 298 g/mol. The van der Waals surface area contributed by atoms with Crippen LogP contribution < -0.4 is 11.2 Å². The van der Waals surface area contributed by atoms with Gasteiger partial charge in [-0.15, -0.1) is 0 Å². The lowest BCUT2D eigenvalue weighted by molar-refractivity contribution is 0.0517. The van der Waals surface area contributed by atoms with Gasteiger partial charge in [-0.2, -0.15) is 8.78 Å². The van der Waals surface area contributed by atoms with Crippen molar-refractivity contribution in [3.8, 4) is 0 Å². The average molecular weight is 298 g/mol. The molecule has 1 fully saturated rings. The largest absolute Gasteiger partial charge is 0.358 e. The summed E-state index contributed by atoms with van der Waals surface area (Å²) in [6, 6.07) is 1.56. The molecule has 2 aromatic rings. The molecule has 3 rings (SSSR count). The van der Waals surface area contributed by atoms with E-state index in [1.54, 1.807) is 6.07 Å². The van der Waals surface area contributed by atoms with Crippen LogP contribution in [0.15, 0.2) is 34.2 Å². The highest BCUT2D eigenvalue weighted by molar-refractivity contribution is 4.88. The lowest BCUT2D eigenvalue weighted by Gasteiger charge is -2.11. The minimum Gasteiger partial charge on any atom is -0.358 e. The first-order chi connectivity index (χ1) is 10.1. The van der Waals surface area contributed by atoms with Crippen molar-refractivity contribution in [3.63, 3.8) is 0 Å². The van der Waals surface area contributed by atoms with Crippen LogP contribution in [0.2, 0.25) is 0 Å². The van der Waals surface area contributed by atoms with Crippen molar-refractivity contribution in [2.45, 2.75) is 19.1 Å². The molecule has 112 valence electrons. The van der Waals surface area contributed by atoms with Crippen molar-refractivity contribution in [1.29, 1.82) is 0 Å². The van der Waals surface area contributed by atoms with E-state index in [1.807, 2.05) is 4.98 Å². The van der Waals surface area contributed by atoms with Crippen molar-refractivity contribution in [3.05, 3.63) is 57.4 Å². The quantitative estimate of drug-likeness (QED) is 0.779. The second kappa shape index (κ2) is 6.84. The number of nitrogens with zero attached hydrogens (tertiary/aromatic N) is 3. The molecule has 7 nitrogen and oxygen atoms in total. The summed E-state index contributed by atoms with van der Waals surface area (Å²) in [5.74, 6) is -0.972. The van der Waals surface area contributed by atoms with E-state index < -0.39 is 29.4 Å². The number of rotatable bonds is 1. The van der Waals surface area contributed by atoms with Crippen molar-refractivity contribution in [2.75, 3.05) is 6.61 Å². The van der Waals surface area contributed by atoms with Crippen LogP contribution in [0.5, 0.6) is 0 Å². The summed E-state index contributed by atoms with van der Waals surface area (Å²) in [5, 5.41) is 0. The molecular formula is C12H12F2N4O3. The number of aromatic nitrogens is 4. The number of aromatic amines is 1. The second-order valence-electron chi connectivity index (χ2n) is 4.13. The lowest BCUT2D eigenvalue weighted by atomic mass is 10.3. The number of hydrogen-bond donors (Lipinski definition) is 1. The summed E-state index contributed by atoms with van der Waals surface area (Å²) in [7, 11) is 0. The zero-order valence-electron chi connectivity index (χ0n) is 10.8. The van der Waals surface area contributed by atoms with Crippen LogP contribution >= 0.6 is 0 Å². The molecule has 2 aromatic heterocycles. The number of hydrogen-bond acceptors (Lipinski definition) is 5. The summed E-state index contributed by atoms with van der Waals surface area (Å²) in [6.07, 6.45) is 3.95. The van der Waals surface area contributed by atoms with Gasteiger partial charge in [-0.25, -0.2) is 14.8 Å². The van der Waals surface area contributed by atoms with Gasteiger partial charge in [-0.1, -0.05) is 0 Å². The minimum absolute atomic E-state index is 0.450. The van der Waals surface area contributed by atoms with E-state index in [1.165, 1.54) is 12.4 Å². The van der Waals surface area contributed by atoms with Crippen molar-refractivity contribution in [1.82, 2.24) is 19.5 Å². The van der Waals surface area contributed by atoms with E-state index in [9.17, 15) is 18.4 Å². The predicted molar refractivity (Wildman–Crippen MR) is 67.5 cm³/mol. The fourth-order valence-corrected chi connectivity index (χ4v) is 1.74. The Morgan fingerprint density at radius 3 is 2.52 bits per heavy atom. The van der Waals surface area contributed by atoms with E-state index in [-0.39, 0.29) is 0 Å². The fraction of sp³-hybridized carbons (Fsp3) is 0.333. The van der Waals surface area contributed by atoms with Gasteiger partial charge in [0.15, 0.2) is 0 Å². The van der Waals surface area contributed by atoms with E-state index in [2.05, 4.69) is 9.97 Å². The first-order valence-corrected chi connectivity index (χ1v) is 6.13. The van der Waals surface area contributed by atoms with Crippen LogP contribution in [0.3, 0.4) is 0 Å². The molecule has 0 radical (unpaired) electrons. The molecule has 1 N–H and O–H groups in total. The predicted octanol–water partition coefficient (Wildman–Crippen LogP) is 0.600. The first-order valence-electron chi connectivity index (χ1n) is 6.13. The maximum atomic E-state index is 12.9. The molecule has 1 aliphatic rings. The van der Waals surface area contributed by atoms with Gasteiger partial charge in [0, 0.05) is 19.0 Å². The summed E-state index contributed by atoms with van der Waals surface area (Å²) in [4.78, 5) is 30.2. The molecule has 9 heteroatoms. The molecule has 0 bridgehead atoms. The van der Waals surface area contributed by atoms with Crippen molar-refractivity contribution >= 4 is 0 Å². The molecule has 1 saturated heterocycles. The molecule has 21 heavy (non-hydrogen) atoms. The zero-order chi connectivity index (χ0) is 15.2. The Balaban J connectivity index is 0.000000194. The van der Waals surface area contributed by atoms with E-state index in [0.29, 0.717) is 13.0 Å². The van der Waals surface area contributed by atoms with Crippen LogP contribution in [0.25, 0.3) is 0 Å². The Labute approximate surface area is 117 Å². The number of ether oxygens (including phenoxy) is 1. The maximum Gasteiger partial charge on any atom is 0.330 e. The highest BCUT2D eigenvalue weighted by Gasteiger charge is 2.19. The van der Waals surface area contributed by atoms with Gasteiger partial charge in [0.05, 0.1) is 6.20 Å². The molecule has 0 amide bonds. The second-order valence-corrected chi connectivity index (χ2v) is 4.13. The lowest BCUT2D eigenvalue weighted by Crippen LogP contribution is -2.33. The highest BCUT2D eigenvalue weighted by Crippen LogP contribution is 2.20. The van der Waals surface area contributed by atoms with Crippen LogP contribution in [0, 0.1) is 11.9 Å². The zero-order valence-corrected chi connectivity index (χ0v) is 10.8. The van der Waals surface area contributed by atoms with Gasteiger partial charge in [0.1, 0.15) is 6.23 Å². The summed E-state index contributed by atoms with van der Waals surface area (Å²) in [6.45, 7) is 0.553. The molecule has 1 atom stereocenters. The molecule has 0 aromatic carbocycles. The van der Waals surface area contributed by atoms with Gasteiger partial charge >= 0.3 is 11.8 Å². The summed E-state index contributed by atoms with van der Waals surface area (Å²) in [5.41, 5.74) is -1.63. The Hall–Kier alpha value is -2.42. The Kier molecular flexibility index (Phi) is 4.88. The fourth-order valence-electron chi connectivity index (χ4n) is 1.74. The molecule has 1 aliphatic heterocycles. The molecule has 1 unspecified atom stereocenters. The Bertz CT molecular complexity index is 696. The third-order valence-corrected chi connectivity index (χ3v) is 2.67. The van der Waals surface area contributed by atoms with Crippen LogP contribution in [-0.4, -0.2) is 26.1 Å². The third-order valence-electron chi connectivity index (χ3n) is 2.67. The van der Waals surface area contributed by atoms with E-state index in [4.69, 9.17) is 4.74 Å². The standard InChI is InChI=1S/C8H9FN2O3.C4H3FN2/c9-5-4-11(6-2-1-3-14-6)8(13)10-7(5)12;5-4-6-2-1-3-7-4/h4,6H,1-3H2,(H,10,12,13);1-3H. The minimum atomic E-state index is -0.996. The molecule has 0 spiro atoms. The Morgan fingerprint density at radius 1 is 1.29 bits per heavy atom. The highest BCUT2D eigenvalue weighted by atomic mass is 19.1. The van der Waals surface area contributed by atoms with E-state index in [0.717, 1.165) is 17.2 Å². The Morgan fingerprint density at radius 2 is 2.00 bits per heavy atom. The first kappa shape index (κ1) is 15.0. The summed E-state index contributed by atoms with van der Waals surface area (Å²) < 4.78 is 30.8. The third kappa shape index (κ3) is 4.02. The number of nitrogens with one attached hydrogen (secondary N) is 1. The smallest absolute Gasteiger partial charge is 0.330 e.